The van der Waals surface area contributed by atoms with Crippen molar-refractivity contribution in [1.82, 2.24) is 0 Å². The first-order valence-electron chi connectivity index (χ1n) is 5.86. The Labute approximate surface area is 118 Å². The third-order valence-electron chi connectivity index (χ3n) is 2.41. The van der Waals surface area contributed by atoms with Gasteiger partial charge in [0.2, 0.25) is 0 Å². The Morgan fingerprint density at radius 2 is 2.15 bits per heavy atom. The first kappa shape index (κ1) is 16.7. The van der Waals surface area contributed by atoms with Crippen LogP contribution in [-0.4, -0.2) is 30.2 Å². The standard InChI is InChI=1S/C12H14ClF3N2O2/c1-7(19)5-17-6-11(20)18-10-4-8(12(14,15)16)2-3-9(10)13/h2-4,7,17,19H,5-6H2,1H3,(H,18,20)/p+1/t7-/m1/s1. The van der Waals surface area contributed by atoms with Crippen molar-refractivity contribution in [3.63, 3.8) is 0 Å². The number of anilines is 1. The number of benzene rings is 1. The zero-order chi connectivity index (χ0) is 15.3. The largest absolute Gasteiger partial charge is 0.416 e. The van der Waals surface area contributed by atoms with Gasteiger partial charge < -0.3 is 15.7 Å². The maximum absolute atomic E-state index is 12.5. The third-order valence-corrected chi connectivity index (χ3v) is 2.73. The minimum absolute atomic E-state index is 0.0164. The number of hydrogen-bond acceptors (Lipinski definition) is 2. The first-order valence-corrected chi connectivity index (χ1v) is 6.24. The van der Waals surface area contributed by atoms with Crippen LogP contribution in [0, 0.1) is 0 Å². The molecule has 0 bridgehead atoms. The van der Waals surface area contributed by atoms with Gasteiger partial charge in [0.1, 0.15) is 6.54 Å². The van der Waals surface area contributed by atoms with E-state index in [0.717, 1.165) is 18.2 Å². The summed E-state index contributed by atoms with van der Waals surface area (Å²) in [6.45, 7) is 1.87. The molecule has 1 aromatic rings. The van der Waals surface area contributed by atoms with Gasteiger partial charge >= 0.3 is 6.18 Å². The van der Waals surface area contributed by atoms with Crippen LogP contribution >= 0.6 is 11.6 Å². The van der Waals surface area contributed by atoms with Crippen molar-refractivity contribution < 1.29 is 28.4 Å². The molecular weight excluding hydrogens is 297 g/mol. The molecule has 0 aromatic heterocycles. The zero-order valence-corrected chi connectivity index (χ0v) is 11.4. The summed E-state index contributed by atoms with van der Waals surface area (Å²) in [6, 6.07) is 2.71. The molecule has 1 amide bonds. The van der Waals surface area contributed by atoms with E-state index >= 15 is 0 Å². The fraction of sp³-hybridized carbons (Fsp3) is 0.417. The van der Waals surface area contributed by atoms with Gasteiger partial charge in [0.25, 0.3) is 5.91 Å². The summed E-state index contributed by atoms with van der Waals surface area (Å²) in [7, 11) is 0. The molecule has 4 nitrogen and oxygen atoms in total. The lowest BCUT2D eigenvalue weighted by atomic mass is 10.2. The highest BCUT2D eigenvalue weighted by molar-refractivity contribution is 6.33. The molecule has 1 atom stereocenters. The molecule has 20 heavy (non-hydrogen) atoms. The molecule has 0 spiro atoms. The predicted octanol–water partition coefficient (Wildman–Crippen LogP) is 1.24. The number of rotatable bonds is 5. The maximum Gasteiger partial charge on any atom is 0.416 e. The third kappa shape index (κ3) is 5.36. The van der Waals surface area contributed by atoms with Gasteiger partial charge in [0.05, 0.1) is 22.4 Å². The molecule has 0 heterocycles. The van der Waals surface area contributed by atoms with Crippen LogP contribution in [0.25, 0.3) is 0 Å². The monoisotopic (exact) mass is 311 g/mol. The SMILES string of the molecule is C[C@@H](O)C[NH2+]CC(=O)Nc1cc(C(F)(F)F)ccc1Cl. The van der Waals surface area contributed by atoms with Crippen LogP contribution < -0.4 is 10.6 Å². The van der Waals surface area contributed by atoms with Crippen molar-refractivity contribution in [3.05, 3.63) is 28.8 Å². The Bertz CT molecular complexity index is 478. The minimum atomic E-state index is -4.50. The van der Waals surface area contributed by atoms with Crippen molar-refractivity contribution in [3.8, 4) is 0 Å². The van der Waals surface area contributed by atoms with E-state index in [-0.39, 0.29) is 17.3 Å². The number of nitrogens with one attached hydrogen (secondary N) is 1. The van der Waals surface area contributed by atoms with Gasteiger partial charge in [-0.3, -0.25) is 4.79 Å². The highest BCUT2D eigenvalue weighted by atomic mass is 35.5. The predicted molar refractivity (Wildman–Crippen MR) is 68.4 cm³/mol. The van der Waals surface area contributed by atoms with Gasteiger partial charge in [-0.25, -0.2) is 0 Å². The van der Waals surface area contributed by atoms with Crippen LogP contribution in [0.5, 0.6) is 0 Å². The summed E-state index contributed by atoms with van der Waals surface area (Å²) < 4.78 is 37.6. The fourth-order valence-electron chi connectivity index (χ4n) is 1.45. The summed E-state index contributed by atoms with van der Waals surface area (Å²) in [6.07, 6.45) is -5.07. The molecule has 0 saturated carbocycles. The number of aliphatic hydroxyl groups is 1. The van der Waals surface area contributed by atoms with Gasteiger partial charge in [-0.15, -0.1) is 0 Å². The molecule has 0 aliphatic heterocycles. The fourth-order valence-corrected chi connectivity index (χ4v) is 1.62. The summed E-state index contributed by atoms with van der Waals surface area (Å²) in [4.78, 5) is 11.5. The molecular formula is C12H15ClF3N2O2+. The Morgan fingerprint density at radius 3 is 2.70 bits per heavy atom. The smallest absolute Gasteiger partial charge is 0.388 e. The second-order valence-corrected chi connectivity index (χ2v) is 4.73. The average molecular weight is 312 g/mol. The zero-order valence-electron chi connectivity index (χ0n) is 10.7. The van der Waals surface area contributed by atoms with E-state index in [9.17, 15) is 18.0 Å². The van der Waals surface area contributed by atoms with Gasteiger partial charge in [0.15, 0.2) is 6.54 Å². The molecule has 0 aliphatic rings. The molecule has 1 rings (SSSR count). The molecule has 8 heteroatoms. The molecule has 112 valence electrons. The number of alkyl halides is 3. The number of carbonyl (C=O) groups excluding carboxylic acids is 1. The van der Waals surface area contributed by atoms with Gasteiger partial charge in [-0.1, -0.05) is 11.6 Å². The van der Waals surface area contributed by atoms with E-state index in [1.54, 1.807) is 12.2 Å². The summed E-state index contributed by atoms with van der Waals surface area (Å²) in [5.74, 6) is -0.494. The van der Waals surface area contributed by atoms with Gasteiger partial charge in [-0.05, 0) is 25.1 Å². The first-order chi connectivity index (χ1) is 9.20. The van der Waals surface area contributed by atoms with Crippen molar-refractivity contribution >= 4 is 23.2 Å². The lowest BCUT2D eigenvalue weighted by Gasteiger charge is -2.11. The lowest BCUT2D eigenvalue weighted by molar-refractivity contribution is -0.649. The van der Waals surface area contributed by atoms with E-state index in [1.807, 2.05) is 0 Å². The molecule has 0 radical (unpaired) electrons. The Hall–Kier alpha value is -1.31. The molecule has 0 saturated heterocycles. The summed E-state index contributed by atoms with van der Waals surface area (Å²) in [5, 5.41) is 12.9. The van der Waals surface area contributed by atoms with E-state index < -0.39 is 23.8 Å². The highest BCUT2D eigenvalue weighted by Gasteiger charge is 2.31. The molecule has 1 aromatic carbocycles. The Balaban J connectivity index is 2.69. The van der Waals surface area contributed by atoms with Crippen molar-refractivity contribution in [2.75, 3.05) is 18.4 Å². The maximum atomic E-state index is 12.5. The average Bonchev–Trinajstić information content (AvgIpc) is 2.30. The van der Waals surface area contributed by atoms with Crippen LogP contribution in [0.15, 0.2) is 18.2 Å². The van der Waals surface area contributed by atoms with E-state index in [1.165, 1.54) is 0 Å². The van der Waals surface area contributed by atoms with Crippen molar-refractivity contribution in [2.24, 2.45) is 0 Å². The molecule has 4 N–H and O–H groups in total. The Morgan fingerprint density at radius 1 is 1.50 bits per heavy atom. The van der Waals surface area contributed by atoms with Crippen molar-refractivity contribution in [2.45, 2.75) is 19.2 Å². The number of hydrogen-bond donors (Lipinski definition) is 3. The quantitative estimate of drug-likeness (QED) is 0.766. The lowest BCUT2D eigenvalue weighted by Crippen LogP contribution is -2.88. The highest BCUT2D eigenvalue weighted by Crippen LogP contribution is 2.33. The van der Waals surface area contributed by atoms with E-state index in [2.05, 4.69) is 5.32 Å². The van der Waals surface area contributed by atoms with Crippen LogP contribution in [-0.2, 0) is 11.0 Å². The van der Waals surface area contributed by atoms with Crippen molar-refractivity contribution in [1.29, 1.82) is 0 Å². The second kappa shape index (κ2) is 6.92. The minimum Gasteiger partial charge on any atom is -0.388 e. The number of aliphatic hydroxyl groups excluding tert-OH is 1. The second-order valence-electron chi connectivity index (χ2n) is 4.32. The molecule has 0 unspecified atom stereocenters. The number of quaternary nitrogens is 1. The van der Waals surface area contributed by atoms with E-state index in [0.29, 0.717) is 6.54 Å². The number of nitrogens with two attached hydrogens (primary N) is 1. The summed E-state index contributed by atoms with van der Waals surface area (Å²) in [5.41, 5.74) is -0.970. The van der Waals surface area contributed by atoms with Gasteiger partial charge in [-0.2, -0.15) is 13.2 Å². The number of carbonyl (C=O) groups is 1. The summed E-state index contributed by atoms with van der Waals surface area (Å²) >= 11 is 5.74. The van der Waals surface area contributed by atoms with Crippen LogP contribution in [0.1, 0.15) is 12.5 Å². The number of halogens is 4. The van der Waals surface area contributed by atoms with Crippen LogP contribution in [0.3, 0.4) is 0 Å². The van der Waals surface area contributed by atoms with Gasteiger partial charge in [0, 0.05) is 0 Å². The molecule has 0 fully saturated rings. The normalized spacial score (nSPS) is 13.1. The van der Waals surface area contributed by atoms with Crippen LogP contribution in [0.4, 0.5) is 18.9 Å². The topological polar surface area (TPSA) is 65.9 Å². The Kier molecular flexibility index (Phi) is 5.79. The number of amides is 1. The van der Waals surface area contributed by atoms with Crippen LogP contribution in [0.2, 0.25) is 5.02 Å². The molecule has 0 aliphatic carbocycles. The van der Waals surface area contributed by atoms with E-state index in [4.69, 9.17) is 16.7 Å².